The number of aromatic nitrogens is 2. The van der Waals surface area contributed by atoms with Gasteiger partial charge in [0.2, 0.25) is 0 Å². The predicted molar refractivity (Wildman–Crippen MR) is 64.3 cm³/mol. The van der Waals surface area contributed by atoms with E-state index in [1.165, 1.54) is 0 Å². The van der Waals surface area contributed by atoms with Crippen molar-refractivity contribution >= 4 is 5.78 Å². The third-order valence-electron chi connectivity index (χ3n) is 2.53. The Bertz CT molecular complexity index is 306. The number of carbonyl (C=O) groups excluding carboxylic acids is 1. The van der Waals surface area contributed by atoms with Gasteiger partial charge in [0.25, 0.3) is 0 Å². The van der Waals surface area contributed by atoms with E-state index in [0.29, 0.717) is 12.5 Å². The van der Waals surface area contributed by atoms with Crippen molar-refractivity contribution in [1.82, 2.24) is 15.3 Å². The van der Waals surface area contributed by atoms with Gasteiger partial charge < -0.3 is 10.3 Å². The number of aryl methyl sites for hydroxylation is 1. The molecule has 0 spiro atoms. The Balaban J connectivity index is 2.46. The zero-order valence-electron chi connectivity index (χ0n) is 10.3. The van der Waals surface area contributed by atoms with Crippen LogP contribution in [0.25, 0.3) is 0 Å². The molecule has 1 heterocycles. The van der Waals surface area contributed by atoms with Gasteiger partial charge in [-0.15, -0.1) is 0 Å². The second-order valence-corrected chi connectivity index (χ2v) is 4.31. The molecule has 0 fully saturated rings. The molecule has 1 aromatic heterocycles. The van der Waals surface area contributed by atoms with Crippen molar-refractivity contribution in [2.75, 3.05) is 0 Å². The number of carbonyl (C=O) groups is 1. The van der Waals surface area contributed by atoms with Crippen LogP contribution in [0.3, 0.4) is 0 Å². The number of nitrogens with one attached hydrogen (secondary N) is 2. The highest BCUT2D eigenvalue weighted by molar-refractivity contribution is 5.83. The maximum Gasteiger partial charge on any atom is 0.149 e. The summed E-state index contributed by atoms with van der Waals surface area (Å²) in [5.74, 6) is 0.285. The number of aromatic amines is 1. The quantitative estimate of drug-likeness (QED) is 0.739. The minimum absolute atomic E-state index is 0.0340. The Labute approximate surface area is 96.9 Å². The van der Waals surface area contributed by atoms with Crippen molar-refractivity contribution < 1.29 is 4.79 Å². The van der Waals surface area contributed by atoms with Crippen LogP contribution in [0.1, 0.15) is 39.3 Å². The lowest BCUT2D eigenvalue weighted by Crippen LogP contribution is -2.41. The molecule has 4 heteroatoms. The van der Waals surface area contributed by atoms with E-state index in [1.807, 2.05) is 13.1 Å². The number of ketones is 1. The first-order valence-electron chi connectivity index (χ1n) is 5.89. The lowest BCUT2D eigenvalue weighted by Gasteiger charge is -2.19. The zero-order chi connectivity index (χ0) is 12.0. The summed E-state index contributed by atoms with van der Waals surface area (Å²) >= 11 is 0. The van der Waals surface area contributed by atoms with Crippen molar-refractivity contribution in [3.05, 3.63) is 18.2 Å². The summed E-state index contributed by atoms with van der Waals surface area (Å²) in [6.07, 6.45) is 5.75. The van der Waals surface area contributed by atoms with Crippen molar-refractivity contribution in [2.24, 2.45) is 0 Å². The highest BCUT2D eigenvalue weighted by atomic mass is 16.1. The second-order valence-electron chi connectivity index (χ2n) is 4.31. The van der Waals surface area contributed by atoms with Crippen molar-refractivity contribution in [1.29, 1.82) is 0 Å². The zero-order valence-corrected chi connectivity index (χ0v) is 10.3. The third kappa shape index (κ3) is 4.14. The minimum Gasteiger partial charge on any atom is -0.348 e. The van der Waals surface area contributed by atoms with Crippen LogP contribution < -0.4 is 5.32 Å². The number of rotatable bonds is 7. The van der Waals surface area contributed by atoms with Gasteiger partial charge in [-0.05, 0) is 12.8 Å². The maximum absolute atomic E-state index is 11.7. The lowest BCUT2D eigenvalue weighted by atomic mass is 10.0. The van der Waals surface area contributed by atoms with Crippen LogP contribution in [-0.2, 0) is 11.2 Å². The van der Waals surface area contributed by atoms with Gasteiger partial charge in [-0.1, -0.05) is 20.8 Å². The largest absolute Gasteiger partial charge is 0.348 e. The number of hydrogen-bond acceptors (Lipinski definition) is 3. The third-order valence-corrected chi connectivity index (χ3v) is 2.53. The van der Waals surface area contributed by atoms with E-state index in [1.54, 1.807) is 6.33 Å². The molecule has 16 heavy (non-hydrogen) atoms. The molecule has 0 aliphatic carbocycles. The molecule has 90 valence electrons. The molecule has 0 aliphatic heterocycles. The standard InChI is InChI=1S/C12H21N3O/c1-4-12(16)11(15-9(2)3)6-5-10-7-13-8-14-10/h7-9,11,15H,4-6H2,1-3H3,(H,13,14). The van der Waals surface area contributed by atoms with E-state index in [-0.39, 0.29) is 11.8 Å². The Morgan fingerprint density at radius 2 is 2.31 bits per heavy atom. The molecule has 0 saturated heterocycles. The fourth-order valence-electron chi connectivity index (χ4n) is 1.71. The van der Waals surface area contributed by atoms with Gasteiger partial charge in [-0.25, -0.2) is 4.98 Å². The highest BCUT2D eigenvalue weighted by Crippen LogP contribution is 2.05. The monoisotopic (exact) mass is 223 g/mol. The maximum atomic E-state index is 11.7. The first-order valence-corrected chi connectivity index (χ1v) is 5.89. The summed E-state index contributed by atoms with van der Waals surface area (Å²) in [6.45, 7) is 6.03. The number of hydrogen-bond donors (Lipinski definition) is 2. The van der Waals surface area contributed by atoms with Crippen LogP contribution in [0, 0.1) is 0 Å². The first-order chi connectivity index (χ1) is 7.63. The topological polar surface area (TPSA) is 57.8 Å². The minimum atomic E-state index is -0.0340. The van der Waals surface area contributed by atoms with Crippen molar-refractivity contribution in [3.63, 3.8) is 0 Å². The van der Waals surface area contributed by atoms with Gasteiger partial charge in [0.1, 0.15) is 5.78 Å². The summed E-state index contributed by atoms with van der Waals surface area (Å²) in [5.41, 5.74) is 1.08. The number of imidazole rings is 1. The van der Waals surface area contributed by atoms with Gasteiger partial charge in [-0.3, -0.25) is 4.79 Å². The molecule has 0 radical (unpaired) electrons. The van der Waals surface area contributed by atoms with Gasteiger partial charge in [-0.2, -0.15) is 0 Å². The lowest BCUT2D eigenvalue weighted by molar-refractivity contribution is -0.121. The van der Waals surface area contributed by atoms with Crippen LogP contribution in [0.5, 0.6) is 0 Å². The molecule has 1 unspecified atom stereocenters. The van der Waals surface area contributed by atoms with E-state index < -0.39 is 0 Å². The SMILES string of the molecule is CCC(=O)C(CCc1cnc[nH]1)NC(C)C. The Morgan fingerprint density at radius 1 is 1.56 bits per heavy atom. The molecule has 1 atom stereocenters. The number of Topliss-reactive ketones (excluding diaryl/α,β-unsaturated/α-hetero) is 1. The van der Waals surface area contributed by atoms with Crippen molar-refractivity contribution in [3.8, 4) is 0 Å². The van der Waals surface area contributed by atoms with Gasteiger partial charge in [0.05, 0.1) is 12.4 Å². The van der Waals surface area contributed by atoms with Crippen LogP contribution in [0.4, 0.5) is 0 Å². The molecule has 0 saturated carbocycles. The summed E-state index contributed by atoms with van der Waals surface area (Å²) in [5, 5.41) is 3.31. The van der Waals surface area contributed by atoms with Crippen molar-refractivity contribution in [2.45, 2.75) is 52.1 Å². The highest BCUT2D eigenvalue weighted by Gasteiger charge is 2.17. The van der Waals surface area contributed by atoms with E-state index >= 15 is 0 Å². The Hall–Kier alpha value is -1.16. The van der Waals surface area contributed by atoms with Gasteiger partial charge in [0, 0.05) is 24.4 Å². The summed E-state index contributed by atoms with van der Waals surface area (Å²) in [6, 6.07) is 0.301. The van der Waals surface area contributed by atoms with Crippen LogP contribution in [-0.4, -0.2) is 27.8 Å². The van der Waals surface area contributed by atoms with Crippen LogP contribution in [0.15, 0.2) is 12.5 Å². The normalized spacial score (nSPS) is 13.0. The number of nitrogens with zero attached hydrogens (tertiary/aromatic N) is 1. The molecule has 1 rings (SSSR count). The fraction of sp³-hybridized carbons (Fsp3) is 0.667. The predicted octanol–water partition coefficient (Wildman–Crippen LogP) is 1.69. The molecule has 4 nitrogen and oxygen atoms in total. The molecule has 0 aromatic carbocycles. The molecule has 1 aromatic rings. The Morgan fingerprint density at radius 3 is 2.81 bits per heavy atom. The molecule has 0 bridgehead atoms. The van der Waals surface area contributed by atoms with Crippen LogP contribution >= 0.6 is 0 Å². The average Bonchev–Trinajstić information content (AvgIpc) is 2.75. The summed E-state index contributed by atoms with van der Waals surface area (Å²) in [7, 11) is 0. The molecular formula is C12H21N3O. The summed E-state index contributed by atoms with van der Waals surface area (Å²) in [4.78, 5) is 18.7. The molecular weight excluding hydrogens is 202 g/mol. The molecule has 0 aliphatic rings. The first kappa shape index (κ1) is 12.9. The van der Waals surface area contributed by atoms with Gasteiger partial charge >= 0.3 is 0 Å². The van der Waals surface area contributed by atoms with E-state index in [4.69, 9.17) is 0 Å². The fourth-order valence-corrected chi connectivity index (χ4v) is 1.71. The Kier molecular flexibility index (Phi) is 5.19. The number of H-pyrrole nitrogens is 1. The second kappa shape index (κ2) is 6.43. The summed E-state index contributed by atoms with van der Waals surface area (Å²) < 4.78 is 0. The van der Waals surface area contributed by atoms with E-state index in [2.05, 4.69) is 29.1 Å². The molecule has 0 amide bonds. The average molecular weight is 223 g/mol. The smallest absolute Gasteiger partial charge is 0.149 e. The molecule has 2 N–H and O–H groups in total. The van der Waals surface area contributed by atoms with E-state index in [9.17, 15) is 4.79 Å². The van der Waals surface area contributed by atoms with E-state index in [0.717, 1.165) is 18.5 Å². The van der Waals surface area contributed by atoms with Gasteiger partial charge in [0.15, 0.2) is 0 Å². The van der Waals surface area contributed by atoms with Crippen LogP contribution in [0.2, 0.25) is 0 Å².